The van der Waals surface area contributed by atoms with Gasteiger partial charge in [-0.05, 0) is 25.1 Å². The van der Waals surface area contributed by atoms with Gasteiger partial charge in [0, 0.05) is 29.3 Å². The van der Waals surface area contributed by atoms with E-state index >= 15 is 0 Å². The number of benzene rings is 1. The minimum Gasteiger partial charge on any atom is -0.493 e. The fraction of sp³-hybridized carbons (Fsp3) is 0.381. The molecule has 0 aliphatic carbocycles. The fourth-order valence-corrected chi connectivity index (χ4v) is 3.84. The standard InChI is InChI=1S/C21H20F5N3O4/c1-9-14(11-4-5-12(22)15(23)16(11)32-3)17(33-20(9,2)21(24,25)26)19(31)29-10-6-7-28-13(8-10)18(27)30/h4-9,14,17H,1-3H3,(H2,27,30)(H,28,29,31)/t9-,14+,17+,20-/m1/s1/i7D. The second kappa shape index (κ2) is 8.58. The summed E-state index contributed by atoms with van der Waals surface area (Å²) < 4.78 is 87.8. The summed E-state index contributed by atoms with van der Waals surface area (Å²) in [7, 11) is 1.01. The van der Waals surface area contributed by atoms with Crippen LogP contribution in [0.15, 0.2) is 30.4 Å². The molecule has 0 bridgehead atoms. The molecule has 1 aliphatic rings. The number of hydrogen-bond acceptors (Lipinski definition) is 5. The topological polar surface area (TPSA) is 104 Å². The van der Waals surface area contributed by atoms with Crippen LogP contribution in [0, 0.1) is 17.6 Å². The van der Waals surface area contributed by atoms with E-state index in [0.29, 0.717) is 6.07 Å². The van der Waals surface area contributed by atoms with Gasteiger partial charge in [-0.25, -0.2) is 4.39 Å². The Kier molecular flexibility index (Phi) is 5.95. The molecule has 2 amide bonds. The predicted octanol–water partition coefficient (Wildman–Crippen LogP) is 3.55. The van der Waals surface area contributed by atoms with Crippen molar-refractivity contribution in [2.75, 3.05) is 12.4 Å². The number of nitrogens with two attached hydrogens (primary N) is 1. The molecular formula is C21H20F5N3O4. The number of nitrogens with zero attached hydrogens (tertiary/aromatic N) is 1. The molecule has 0 spiro atoms. The summed E-state index contributed by atoms with van der Waals surface area (Å²) in [5, 5.41) is 2.29. The number of carbonyl (C=O) groups excluding carboxylic acids is 2. The summed E-state index contributed by atoms with van der Waals surface area (Å²) in [6.45, 7) is 1.93. The highest BCUT2D eigenvalue weighted by molar-refractivity contribution is 5.97. The van der Waals surface area contributed by atoms with Gasteiger partial charge < -0.3 is 20.5 Å². The molecular weight excluding hydrogens is 453 g/mol. The Labute approximate surface area is 186 Å². The highest BCUT2D eigenvalue weighted by Gasteiger charge is 2.65. The van der Waals surface area contributed by atoms with Gasteiger partial charge in [0.1, 0.15) is 11.8 Å². The van der Waals surface area contributed by atoms with E-state index in [4.69, 9.17) is 16.6 Å². The first-order chi connectivity index (χ1) is 15.7. The third kappa shape index (κ3) is 4.22. The lowest BCUT2D eigenvalue weighted by Gasteiger charge is -2.32. The normalized spacial score (nSPS) is 25.5. The van der Waals surface area contributed by atoms with Crippen molar-refractivity contribution in [2.45, 2.75) is 37.6 Å². The average molecular weight is 474 g/mol. The van der Waals surface area contributed by atoms with E-state index in [1.54, 1.807) is 0 Å². The van der Waals surface area contributed by atoms with Gasteiger partial charge in [-0.2, -0.15) is 17.6 Å². The number of anilines is 1. The quantitative estimate of drug-likeness (QED) is 0.646. The van der Waals surface area contributed by atoms with E-state index in [9.17, 15) is 31.5 Å². The molecule has 7 nitrogen and oxygen atoms in total. The first kappa shape index (κ1) is 22.9. The summed E-state index contributed by atoms with van der Waals surface area (Å²) in [5.41, 5.74) is 1.60. The van der Waals surface area contributed by atoms with Crippen molar-refractivity contribution < 1.29 is 42.4 Å². The summed E-state index contributed by atoms with van der Waals surface area (Å²) in [4.78, 5) is 28.1. The van der Waals surface area contributed by atoms with E-state index in [-0.39, 0.29) is 16.9 Å². The number of hydrogen-bond donors (Lipinski definition) is 2. The van der Waals surface area contributed by atoms with Gasteiger partial charge in [-0.3, -0.25) is 14.6 Å². The van der Waals surface area contributed by atoms with Gasteiger partial charge in [0.05, 0.1) is 8.48 Å². The number of alkyl halides is 3. The maximum Gasteiger partial charge on any atom is 0.417 e. The molecule has 4 atom stereocenters. The van der Waals surface area contributed by atoms with Crippen molar-refractivity contribution in [3.8, 4) is 5.75 Å². The molecule has 3 N–H and O–H groups in total. The molecule has 0 saturated carbocycles. The van der Waals surface area contributed by atoms with Gasteiger partial charge in [0.2, 0.25) is 5.82 Å². The molecule has 2 heterocycles. The number of ether oxygens (including phenoxy) is 2. The zero-order valence-corrected chi connectivity index (χ0v) is 17.6. The molecule has 2 aromatic rings. The second-order valence-corrected chi connectivity index (χ2v) is 7.67. The first-order valence-corrected chi connectivity index (χ1v) is 9.57. The number of aromatic nitrogens is 1. The van der Waals surface area contributed by atoms with E-state index < -0.39 is 65.1 Å². The Balaban J connectivity index is 2.09. The maximum atomic E-state index is 14.4. The molecule has 1 saturated heterocycles. The summed E-state index contributed by atoms with van der Waals surface area (Å²) in [6, 6.07) is 3.82. The third-order valence-corrected chi connectivity index (χ3v) is 5.79. The Bertz CT molecular complexity index is 1150. The molecule has 178 valence electrons. The van der Waals surface area contributed by atoms with E-state index in [0.717, 1.165) is 32.2 Å². The van der Waals surface area contributed by atoms with Crippen molar-refractivity contribution in [1.29, 1.82) is 0 Å². The molecule has 1 fully saturated rings. The van der Waals surface area contributed by atoms with Crippen LogP contribution in [-0.4, -0.2) is 41.8 Å². The lowest BCUT2D eigenvalue weighted by Crippen LogP contribution is -2.47. The predicted molar refractivity (Wildman–Crippen MR) is 106 cm³/mol. The first-order valence-electron chi connectivity index (χ1n) is 10.1. The number of amides is 2. The minimum absolute atomic E-state index is 0.147. The van der Waals surface area contributed by atoms with Crippen LogP contribution in [0.3, 0.4) is 0 Å². The van der Waals surface area contributed by atoms with Gasteiger partial charge in [0.15, 0.2) is 17.2 Å². The highest BCUT2D eigenvalue weighted by Crippen LogP contribution is 2.55. The SMILES string of the molecule is [2H]c1cc(NC(=O)[C@H]2O[C@@](C)(C(F)(F)F)[C@H](C)[C@H]2c2ccc(F)c(F)c2OC)cc(C(N)=O)n1. The second-order valence-electron chi connectivity index (χ2n) is 7.67. The van der Waals surface area contributed by atoms with Crippen LogP contribution in [0.5, 0.6) is 5.75 Å². The van der Waals surface area contributed by atoms with Crippen molar-refractivity contribution in [3.63, 3.8) is 0 Å². The molecule has 12 heteroatoms. The van der Waals surface area contributed by atoms with Crippen LogP contribution < -0.4 is 15.8 Å². The van der Waals surface area contributed by atoms with Crippen LogP contribution in [0.1, 0.15) is 37.2 Å². The van der Waals surface area contributed by atoms with Crippen molar-refractivity contribution in [3.05, 3.63) is 53.3 Å². The molecule has 0 radical (unpaired) electrons. The Morgan fingerprint density at radius 3 is 2.55 bits per heavy atom. The van der Waals surface area contributed by atoms with E-state index in [1.807, 2.05) is 0 Å². The van der Waals surface area contributed by atoms with Crippen molar-refractivity contribution >= 4 is 17.5 Å². The monoisotopic (exact) mass is 474 g/mol. The highest BCUT2D eigenvalue weighted by atomic mass is 19.4. The molecule has 33 heavy (non-hydrogen) atoms. The van der Waals surface area contributed by atoms with Crippen LogP contribution in [0.4, 0.5) is 27.6 Å². The van der Waals surface area contributed by atoms with Crippen molar-refractivity contribution in [2.24, 2.45) is 11.7 Å². The van der Waals surface area contributed by atoms with Crippen LogP contribution in [0.25, 0.3) is 0 Å². The van der Waals surface area contributed by atoms with Gasteiger partial charge in [-0.1, -0.05) is 13.0 Å². The average Bonchev–Trinajstić information content (AvgIpc) is 3.01. The number of methoxy groups -OCH3 is 1. The minimum atomic E-state index is -4.92. The van der Waals surface area contributed by atoms with Crippen LogP contribution >= 0.6 is 0 Å². The Morgan fingerprint density at radius 1 is 1.30 bits per heavy atom. The number of rotatable bonds is 5. The number of halogens is 5. The molecule has 0 unspecified atom stereocenters. The maximum absolute atomic E-state index is 14.4. The number of pyridine rings is 1. The Hall–Kier alpha value is -3.28. The summed E-state index contributed by atoms with van der Waals surface area (Å²) in [5.74, 6) is -8.30. The number of carbonyl (C=O) groups is 2. The smallest absolute Gasteiger partial charge is 0.417 e. The molecule has 1 aliphatic heterocycles. The van der Waals surface area contributed by atoms with Crippen LogP contribution in [-0.2, 0) is 9.53 Å². The van der Waals surface area contributed by atoms with E-state index in [2.05, 4.69) is 10.3 Å². The van der Waals surface area contributed by atoms with Gasteiger partial charge >= 0.3 is 6.18 Å². The lowest BCUT2D eigenvalue weighted by molar-refractivity contribution is -0.272. The zero-order valence-electron chi connectivity index (χ0n) is 18.6. The van der Waals surface area contributed by atoms with Crippen molar-refractivity contribution in [1.82, 2.24) is 4.98 Å². The lowest BCUT2D eigenvalue weighted by atomic mass is 9.77. The largest absolute Gasteiger partial charge is 0.493 e. The Morgan fingerprint density at radius 2 is 1.97 bits per heavy atom. The van der Waals surface area contributed by atoms with Crippen LogP contribution in [0.2, 0.25) is 0 Å². The van der Waals surface area contributed by atoms with Gasteiger partial charge in [0.25, 0.3) is 11.8 Å². The summed E-state index contributed by atoms with van der Waals surface area (Å²) in [6.07, 6.45) is -7.19. The van der Waals surface area contributed by atoms with E-state index in [1.165, 1.54) is 6.92 Å². The molecule has 3 rings (SSSR count). The fourth-order valence-electron chi connectivity index (χ4n) is 3.84. The summed E-state index contributed by atoms with van der Waals surface area (Å²) >= 11 is 0. The molecule has 1 aromatic carbocycles. The number of nitrogens with one attached hydrogen (secondary N) is 1. The van der Waals surface area contributed by atoms with Gasteiger partial charge in [-0.15, -0.1) is 0 Å². The third-order valence-electron chi connectivity index (χ3n) is 5.79. The number of primary amides is 1. The zero-order chi connectivity index (χ0) is 25.6. The molecule has 1 aromatic heterocycles.